The molecule has 3 aliphatic rings. The van der Waals surface area contributed by atoms with E-state index in [1.807, 2.05) is 18.6 Å². The maximum absolute atomic E-state index is 4.35. The predicted molar refractivity (Wildman–Crippen MR) is 154 cm³/mol. The number of fused-ring (bicyclic) bond motifs is 3. The quantitative estimate of drug-likeness (QED) is 0.502. The van der Waals surface area contributed by atoms with Crippen molar-refractivity contribution in [1.29, 1.82) is 0 Å². The first-order chi connectivity index (χ1) is 18.8. The number of hydrogen-bond acceptors (Lipinski definition) is 9. The highest BCUT2D eigenvalue weighted by molar-refractivity contribution is 5.23. The Balaban J connectivity index is 0.000000136. The van der Waals surface area contributed by atoms with Crippen molar-refractivity contribution in [3.8, 4) is 0 Å². The molecule has 0 saturated heterocycles. The molecule has 0 unspecified atom stereocenters. The third-order valence-corrected chi connectivity index (χ3v) is 7.88. The zero-order chi connectivity index (χ0) is 27.8. The summed E-state index contributed by atoms with van der Waals surface area (Å²) in [5.41, 5.74) is 7.57. The highest BCUT2D eigenvalue weighted by atomic mass is 15.2. The maximum Gasteiger partial charge on any atom is 0.115 e. The fourth-order valence-corrected chi connectivity index (χ4v) is 5.17. The summed E-state index contributed by atoms with van der Waals surface area (Å²) in [5.74, 6) is 0. The van der Waals surface area contributed by atoms with E-state index < -0.39 is 0 Å². The van der Waals surface area contributed by atoms with E-state index in [4.69, 9.17) is 0 Å². The van der Waals surface area contributed by atoms with Gasteiger partial charge in [-0.25, -0.2) is 9.97 Å². The van der Waals surface area contributed by atoms with Gasteiger partial charge in [-0.2, -0.15) is 10.2 Å². The molecule has 0 N–H and O–H groups in total. The van der Waals surface area contributed by atoms with Crippen LogP contribution < -0.4 is 0 Å². The number of aromatic nitrogens is 6. The Morgan fingerprint density at radius 1 is 0.538 bits per heavy atom. The van der Waals surface area contributed by atoms with Gasteiger partial charge in [-0.05, 0) is 59.1 Å². The zero-order valence-electron chi connectivity index (χ0n) is 24.6. The van der Waals surface area contributed by atoms with Gasteiger partial charge in [0, 0.05) is 100 Å². The fourth-order valence-electron chi connectivity index (χ4n) is 5.17. The first-order valence-corrected chi connectivity index (χ1v) is 14.4. The Bertz CT molecular complexity index is 1030. The molecule has 3 aromatic heterocycles. The summed E-state index contributed by atoms with van der Waals surface area (Å²) in [7, 11) is 0. The van der Waals surface area contributed by atoms with Gasteiger partial charge in [-0.15, -0.1) is 0 Å². The van der Waals surface area contributed by atoms with Gasteiger partial charge in [0.05, 0.1) is 23.8 Å². The Labute approximate surface area is 234 Å². The normalized spacial score (nSPS) is 17.5. The molecule has 0 saturated carbocycles. The van der Waals surface area contributed by atoms with Crippen molar-refractivity contribution in [3.63, 3.8) is 0 Å². The number of rotatable bonds is 3. The van der Waals surface area contributed by atoms with E-state index in [0.717, 1.165) is 64.2 Å². The average molecular weight is 532 g/mol. The molecule has 0 fully saturated rings. The Morgan fingerprint density at radius 3 is 1.74 bits per heavy atom. The summed E-state index contributed by atoms with van der Waals surface area (Å²) in [4.78, 5) is 24.3. The second-order valence-corrected chi connectivity index (χ2v) is 11.4. The molecule has 0 spiro atoms. The smallest absolute Gasteiger partial charge is 0.115 e. The van der Waals surface area contributed by atoms with Crippen LogP contribution in [0.3, 0.4) is 0 Å². The van der Waals surface area contributed by atoms with Crippen molar-refractivity contribution in [2.45, 2.75) is 98.6 Å². The van der Waals surface area contributed by atoms with E-state index in [0.29, 0.717) is 18.1 Å². The molecule has 0 atom stereocenters. The van der Waals surface area contributed by atoms with Crippen LogP contribution in [0.25, 0.3) is 0 Å². The van der Waals surface area contributed by atoms with Gasteiger partial charge in [0.25, 0.3) is 0 Å². The third-order valence-electron chi connectivity index (χ3n) is 7.88. The molecular formula is C30H45N9. The van der Waals surface area contributed by atoms with E-state index in [2.05, 4.69) is 86.4 Å². The van der Waals surface area contributed by atoms with Gasteiger partial charge in [-0.3, -0.25) is 24.7 Å². The predicted octanol–water partition coefficient (Wildman–Crippen LogP) is 3.73. The van der Waals surface area contributed by atoms with Gasteiger partial charge in [-0.1, -0.05) is 0 Å². The second-order valence-electron chi connectivity index (χ2n) is 11.4. The third kappa shape index (κ3) is 8.06. The van der Waals surface area contributed by atoms with Crippen LogP contribution in [0.4, 0.5) is 0 Å². The number of hydrogen-bond donors (Lipinski definition) is 0. The van der Waals surface area contributed by atoms with Gasteiger partial charge >= 0.3 is 0 Å². The molecule has 0 aromatic carbocycles. The first-order valence-electron chi connectivity index (χ1n) is 14.4. The summed E-state index contributed by atoms with van der Waals surface area (Å²) in [6, 6.07) is 1.85. The standard InChI is InChI=1S/3C10H15N3/c1-8(2)13-6-3-9-10(7-13)12-5-4-11-9;1-8(2)13-4-3-10-9(6-13)5-11-7-12-10;1-8(2)13-4-3-9-5-11-12-6-10(9)7-13/h4-5,8H,3,6-7H2,1-2H3;5,7-8H,3-4,6H2,1-2H3;5-6,8H,3-4,7H2,1-2H3. The van der Waals surface area contributed by atoms with Crippen LogP contribution in [-0.4, -0.2) is 82.6 Å². The fraction of sp³-hybridized carbons (Fsp3) is 0.600. The molecule has 6 heterocycles. The highest BCUT2D eigenvalue weighted by Crippen LogP contribution is 2.19. The van der Waals surface area contributed by atoms with Gasteiger partial charge < -0.3 is 0 Å². The van der Waals surface area contributed by atoms with E-state index in [9.17, 15) is 0 Å². The Kier molecular flexibility index (Phi) is 10.4. The van der Waals surface area contributed by atoms with Crippen molar-refractivity contribution >= 4 is 0 Å². The molecule has 39 heavy (non-hydrogen) atoms. The zero-order valence-corrected chi connectivity index (χ0v) is 24.6. The van der Waals surface area contributed by atoms with Crippen LogP contribution in [0.1, 0.15) is 75.3 Å². The summed E-state index contributed by atoms with van der Waals surface area (Å²) in [5, 5.41) is 7.81. The average Bonchev–Trinajstić information content (AvgIpc) is 2.97. The lowest BCUT2D eigenvalue weighted by atomic mass is 10.0. The summed E-state index contributed by atoms with van der Waals surface area (Å²) in [6.45, 7) is 19.8. The molecule has 0 aliphatic carbocycles. The van der Waals surface area contributed by atoms with Gasteiger partial charge in [0.2, 0.25) is 0 Å². The largest absolute Gasteiger partial charge is 0.296 e. The molecule has 9 nitrogen and oxygen atoms in total. The van der Waals surface area contributed by atoms with Crippen LogP contribution in [0.5, 0.6) is 0 Å². The summed E-state index contributed by atoms with van der Waals surface area (Å²) < 4.78 is 0. The monoisotopic (exact) mass is 531 g/mol. The van der Waals surface area contributed by atoms with Crippen LogP contribution in [-0.2, 0) is 38.9 Å². The van der Waals surface area contributed by atoms with Crippen molar-refractivity contribution in [2.24, 2.45) is 0 Å². The van der Waals surface area contributed by atoms with Gasteiger partial charge in [0.1, 0.15) is 6.33 Å². The molecular weight excluding hydrogens is 486 g/mol. The van der Waals surface area contributed by atoms with Crippen molar-refractivity contribution in [2.75, 3.05) is 19.6 Å². The van der Waals surface area contributed by atoms with E-state index >= 15 is 0 Å². The highest BCUT2D eigenvalue weighted by Gasteiger charge is 2.20. The molecule has 210 valence electrons. The van der Waals surface area contributed by atoms with Crippen molar-refractivity contribution in [1.82, 2.24) is 44.8 Å². The lowest BCUT2D eigenvalue weighted by Crippen LogP contribution is -2.36. The van der Waals surface area contributed by atoms with Gasteiger partial charge in [0.15, 0.2) is 0 Å². The number of nitrogens with zero attached hydrogens (tertiary/aromatic N) is 9. The lowest BCUT2D eigenvalue weighted by Gasteiger charge is -2.31. The van der Waals surface area contributed by atoms with Crippen molar-refractivity contribution in [3.05, 3.63) is 71.1 Å². The molecule has 0 amide bonds. The molecule has 3 aliphatic heterocycles. The molecule has 0 bridgehead atoms. The molecule has 6 rings (SSSR count). The Hall–Kier alpha value is -2.88. The van der Waals surface area contributed by atoms with Crippen LogP contribution in [0.15, 0.2) is 37.3 Å². The molecule has 3 aromatic rings. The minimum Gasteiger partial charge on any atom is -0.296 e. The molecule has 9 heteroatoms. The SMILES string of the molecule is CC(C)N1CCc2cnncc2C1.CC(C)N1CCc2nccnc2C1.CC(C)N1CCc2ncncc2C1. The van der Waals surface area contributed by atoms with Crippen LogP contribution >= 0.6 is 0 Å². The lowest BCUT2D eigenvalue weighted by molar-refractivity contribution is 0.198. The van der Waals surface area contributed by atoms with Crippen LogP contribution in [0.2, 0.25) is 0 Å². The Morgan fingerprint density at radius 2 is 1.08 bits per heavy atom. The van der Waals surface area contributed by atoms with E-state index in [-0.39, 0.29) is 0 Å². The minimum atomic E-state index is 0.607. The van der Waals surface area contributed by atoms with E-state index in [1.54, 1.807) is 18.7 Å². The topological polar surface area (TPSA) is 87.1 Å². The second kappa shape index (κ2) is 14.0. The summed E-state index contributed by atoms with van der Waals surface area (Å²) >= 11 is 0. The maximum atomic E-state index is 4.35. The van der Waals surface area contributed by atoms with Crippen molar-refractivity contribution < 1.29 is 0 Å². The summed E-state index contributed by atoms with van der Waals surface area (Å²) in [6.07, 6.45) is 14.2. The molecule has 0 radical (unpaired) electrons. The van der Waals surface area contributed by atoms with E-state index in [1.165, 1.54) is 28.1 Å². The van der Waals surface area contributed by atoms with Crippen LogP contribution in [0, 0.1) is 0 Å². The first kappa shape index (κ1) is 29.1. The minimum absolute atomic E-state index is 0.607.